The number of nitrogens with one attached hydrogen (secondary N) is 1. The molecule has 1 atom stereocenters. The molecule has 2 aliphatic heterocycles. The van der Waals surface area contributed by atoms with Crippen molar-refractivity contribution in [3.05, 3.63) is 64.9 Å². The maximum absolute atomic E-state index is 13.1. The van der Waals surface area contributed by atoms with Gasteiger partial charge in [-0.25, -0.2) is 4.39 Å². The number of carbonyl (C=O) groups is 3. The van der Waals surface area contributed by atoms with Crippen molar-refractivity contribution in [2.75, 3.05) is 51.1 Å². The number of nitrogens with zero attached hydrogens (tertiary/aromatic N) is 3. The number of piperazine rings is 1. The summed E-state index contributed by atoms with van der Waals surface area (Å²) in [6.45, 7) is 3.56. The van der Waals surface area contributed by atoms with E-state index in [1.807, 2.05) is 9.80 Å². The highest BCUT2D eigenvalue weighted by atomic mass is 35.5. The van der Waals surface area contributed by atoms with Crippen molar-refractivity contribution in [2.24, 2.45) is 5.92 Å². The molecule has 1 N–H and O–H groups in total. The molecule has 7 nitrogen and oxygen atoms in total. The van der Waals surface area contributed by atoms with Crippen LogP contribution in [0.5, 0.6) is 0 Å². The smallest absolute Gasteiger partial charge is 0.253 e. The van der Waals surface area contributed by atoms with Gasteiger partial charge in [0.15, 0.2) is 0 Å². The summed E-state index contributed by atoms with van der Waals surface area (Å²) < 4.78 is 13.0. The zero-order valence-corrected chi connectivity index (χ0v) is 19.6. The molecule has 1 unspecified atom stereocenters. The summed E-state index contributed by atoms with van der Waals surface area (Å²) in [6, 6.07) is 12.5. The lowest BCUT2D eigenvalue weighted by atomic mass is 9.95. The van der Waals surface area contributed by atoms with E-state index in [-0.39, 0.29) is 36.0 Å². The van der Waals surface area contributed by atoms with Crippen molar-refractivity contribution in [2.45, 2.75) is 12.8 Å². The number of hydrogen-bond acceptors (Lipinski definition) is 4. The fourth-order valence-electron chi connectivity index (χ4n) is 4.46. The first kappa shape index (κ1) is 24.2. The molecule has 2 aromatic carbocycles. The Labute approximate surface area is 203 Å². The Bertz CT molecular complexity index is 1020. The quantitative estimate of drug-likeness (QED) is 0.705. The number of halogens is 2. The fourth-order valence-corrected chi connectivity index (χ4v) is 4.59. The van der Waals surface area contributed by atoms with Crippen LogP contribution in [-0.2, 0) is 9.59 Å². The van der Waals surface area contributed by atoms with Crippen LogP contribution in [0.2, 0.25) is 5.02 Å². The minimum absolute atomic E-state index is 0.0732. The van der Waals surface area contributed by atoms with Gasteiger partial charge in [0.25, 0.3) is 5.91 Å². The van der Waals surface area contributed by atoms with Gasteiger partial charge in [-0.3, -0.25) is 19.3 Å². The molecule has 2 heterocycles. The summed E-state index contributed by atoms with van der Waals surface area (Å²) in [6.07, 6.45) is 1.56. The molecule has 2 fully saturated rings. The first-order chi connectivity index (χ1) is 16.4. The van der Waals surface area contributed by atoms with Gasteiger partial charge in [-0.15, -0.1) is 0 Å². The van der Waals surface area contributed by atoms with E-state index < -0.39 is 0 Å². The number of anilines is 1. The predicted octanol–water partition coefficient (Wildman–Crippen LogP) is 3.11. The summed E-state index contributed by atoms with van der Waals surface area (Å²) in [5, 5.41) is 3.34. The average molecular weight is 487 g/mol. The molecule has 2 aliphatic rings. The Kier molecular flexibility index (Phi) is 7.80. The molecule has 0 saturated carbocycles. The van der Waals surface area contributed by atoms with E-state index in [0.29, 0.717) is 55.5 Å². The molecule has 0 aromatic heterocycles. The number of carbonyl (C=O) groups excluding carboxylic acids is 3. The molecule has 34 heavy (non-hydrogen) atoms. The van der Waals surface area contributed by atoms with Crippen LogP contribution in [0.1, 0.15) is 23.2 Å². The SMILES string of the molecule is O=C(CN1CCN(C(=O)C2CCCN(C(=O)c3ccc(Cl)cc3)C2)CC1)Nc1ccc(F)cc1. The van der Waals surface area contributed by atoms with Crippen molar-refractivity contribution in [1.29, 1.82) is 0 Å². The molecule has 0 radical (unpaired) electrons. The maximum atomic E-state index is 13.1. The summed E-state index contributed by atoms with van der Waals surface area (Å²) in [5.74, 6) is -0.738. The first-order valence-electron chi connectivity index (χ1n) is 11.5. The minimum Gasteiger partial charge on any atom is -0.340 e. The van der Waals surface area contributed by atoms with Crippen molar-refractivity contribution >= 4 is 35.0 Å². The molecule has 180 valence electrons. The highest BCUT2D eigenvalue weighted by Gasteiger charge is 2.33. The summed E-state index contributed by atoms with van der Waals surface area (Å²) in [4.78, 5) is 43.9. The van der Waals surface area contributed by atoms with Gasteiger partial charge in [0, 0.05) is 55.5 Å². The first-order valence-corrected chi connectivity index (χ1v) is 11.9. The second-order valence-electron chi connectivity index (χ2n) is 8.75. The maximum Gasteiger partial charge on any atom is 0.253 e. The highest BCUT2D eigenvalue weighted by molar-refractivity contribution is 6.30. The van der Waals surface area contributed by atoms with Gasteiger partial charge in [-0.05, 0) is 61.4 Å². The van der Waals surface area contributed by atoms with Crippen LogP contribution >= 0.6 is 11.6 Å². The van der Waals surface area contributed by atoms with E-state index in [1.165, 1.54) is 24.3 Å². The Hall–Kier alpha value is -2.97. The third-order valence-electron chi connectivity index (χ3n) is 6.33. The third kappa shape index (κ3) is 6.12. The second-order valence-corrected chi connectivity index (χ2v) is 9.19. The van der Waals surface area contributed by atoms with Gasteiger partial charge in [0.05, 0.1) is 12.5 Å². The largest absolute Gasteiger partial charge is 0.340 e. The standard InChI is InChI=1S/C25H28ClFN4O3/c26-20-5-3-18(4-6-20)24(33)31-11-1-2-19(16-31)25(34)30-14-12-29(13-15-30)17-23(32)28-22-9-7-21(27)8-10-22/h3-10,19H,1-2,11-17H2,(H,28,32). The van der Waals surface area contributed by atoms with E-state index in [4.69, 9.17) is 11.6 Å². The minimum atomic E-state index is -0.353. The van der Waals surface area contributed by atoms with Gasteiger partial charge in [0.2, 0.25) is 11.8 Å². The van der Waals surface area contributed by atoms with Crippen LogP contribution < -0.4 is 5.32 Å². The topological polar surface area (TPSA) is 73.0 Å². The van der Waals surface area contributed by atoms with Crippen LogP contribution in [0.3, 0.4) is 0 Å². The lowest BCUT2D eigenvalue weighted by Crippen LogP contribution is -2.54. The van der Waals surface area contributed by atoms with Crippen LogP contribution in [-0.4, -0.2) is 78.2 Å². The molecule has 2 aromatic rings. The van der Waals surface area contributed by atoms with Crippen LogP contribution in [0.15, 0.2) is 48.5 Å². The molecule has 3 amide bonds. The Morgan fingerprint density at radius 2 is 1.59 bits per heavy atom. The van der Waals surface area contributed by atoms with E-state index in [2.05, 4.69) is 5.32 Å². The van der Waals surface area contributed by atoms with Gasteiger partial charge in [0.1, 0.15) is 5.82 Å². The Morgan fingerprint density at radius 1 is 0.912 bits per heavy atom. The van der Waals surface area contributed by atoms with Crippen molar-refractivity contribution in [1.82, 2.24) is 14.7 Å². The number of amides is 3. The van der Waals surface area contributed by atoms with E-state index in [9.17, 15) is 18.8 Å². The van der Waals surface area contributed by atoms with E-state index >= 15 is 0 Å². The summed E-state index contributed by atoms with van der Waals surface area (Å²) in [5.41, 5.74) is 1.13. The summed E-state index contributed by atoms with van der Waals surface area (Å²) in [7, 11) is 0. The number of benzene rings is 2. The molecule has 2 saturated heterocycles. The predicted molar refractivity (Wildman–Crippen MR) is 128 cm³/mol. The van der Waals surface area contributed by atoms with Crippen molar-refractivity contribution < 1.29 is 18.8 Å². The molecular weight excluding hydrogens is 459 g/mol. The van der Waals surface area contributed by atoms with Gasteiger partial charge >= 0.3 is 0 Å². The summed E-state index contributed by atoms with van der Waals surface area (Å²) >= 11 is 5.92. The Balaban J connectivity index is 1.24. The normalized spacial score (nSPS) is 19.1. The van der Waals surface area contributed by atoms with Crippen LogP contribution in [0, 0.1) is 11.7 Å². The van der Waals surface area contributed by atoms with E-state index in [0.717, 1.165) is 12.8 Å². The zero-order valence-electron chi connectivity index (χ0n) is 18.9. The number of piperidine rings is 1. The zero-order chi connectivity index (χ0) is 24.1. The monoisotopic (exact) mass is 486 g/mol. The van der Waals surface area contributed by atoms with E-state index in [1.54, 1.807) is 29.2 Å². The second kappa shape index (κ2) is 11.0. The Morgan fingerprint density at radius 3 is 2.26 bits per heavy atom. The van der Waals surface area contributed by atoms with Gasteiger partial charge in [-0.1, -0.05) is 11.6 Å². The van der Waals surface area contributed by atoms with Crippen molar-refractivity contribution in [3.63, 3.8) is 0 Å². The molecule has 0 aliphatic carbocycles. The highest BCUT2D eigenvalue weighted by Crippen LogP contribution is 2.22. The molecular formula is C25H28ClFN4O3. The van der Waals surface area contributed by atoms with Crippen molar-refractivity contribution in [3.8, 4) is 0 Å². The molecule has 0 bridgehead atoms. The molecule has 4 rings (SSSR count). The lowest BCUT2D eigenvalue weighted by Gasteiger charge is -2.38. The lowest BCUT2D eigenvalue weighted by molar-refractivity contribution is -0.138. The fraction of sp³-hybridized carbons (Fsp3) is 0.400. The van der Waals surface area contributed by atoms with Gasteiger partial charge < -0.3 is 15.1 Å². The molecule has 9 heteroatoms. The average Bonchev–Trinajstić information content (AvgIpc) is 2.85. The molecule has 0 spiro atoms. The van der Waals surface area contributed by atoms with Crippen LogP contribution in [0.25, 0.3) is 0 Å². The number of rotatable bonds is 5. The third-order valence-corrected chi connectivity index (χ3v) is 6.58. The number of likely N-dealkylation sites (tertiary alicyclic amines) is 1. The van der Waals surface area contributed by atoms with Gasteiger partial charge in [-0.2, -0.15) is 0 Å². The number of hydrogen-bond donors (Lipinski definition) is 1. The van der Waals surface area contributed by atoms with Crippen LogP contribution in [0.4, 0.5) is 10.1 Å².